The average Bonchev–Trinajstić information content (AvgIpc) is 2.06. The molecule has 0 saturated heterocycles. The number of rotatable bonds is 7. The van der Waals surface area contributed by atoms with Crippen LogP contribution in [-0.2, 0) is 4.46 Å². The van der Waals surface area contributed by atoms with E-state index in [1.165, 1.54) is 38.8 Å². The molecule has 0 N–H and O–H groups in total. The fourth-order valence-corrected chi connectivity index (χ4v) is 1.53. The van der Waals surface area contributed by atoms with Gasteiger partial charge in [-0.25, -0.2) is 0 Å². The summed E-state index contributed by atoms with van der Waals surface area (Å²) in [5.74, 6) is 0. The first-order chi connectivity index (χ1) is 7.94. The van der Waals surface area contributed by atoms with Gasteiger partial charge in [-0.05, 0) is 25.7 Å². The third-order valence-electron chi connectivity index (χ3n) is 2.41. The van der Waals surface area contributed by atoms with Gasteiger partial charge in [-0.3, -0.25) is 0 Å². The first kappa shape index (κ1) is 19.9. The molecule has 0 fully saturated rings. The molecule has 0 unspecified atom stereocenters. The molecular weight excluding hydrogens is 248 g/mol. The summed E-state index contributed by atoms with van der Waals surface area (Å²) in [5, 5.41) is 0. The van der Waals surface area contributed by atoms with Crippen LogP contribution in [0.4, 0.5) is 0 Å². The van der Waals surface area contributed by atoms with Crippen LogP contribution in [0, 0.1) is 0 Å². The molecule has 0 spiro atoms. The molecule has 18 heavy (non-hydrogen) atoms. The molecule has 0 saturated carbocycles. The van der Waals surface area contributed by atoms with Crippen LogP contribution in [-0.4, -0.2) is 73.5 Å². The highest BCUT2D eigenvalue weighted by Gasteiger charge is 2.07. The maximum Gasteiger partial charge on any atom is 0.0780 e. The van der Waals surface area contributed by atoms with Crippen molar-refractivity contribution in [1.29, 1.82) is 0 Å². The molecule has 0 aliphatic heterocycles. The number of nitrogens with zero attached hydrogens (tertiary/aromatic N) is 2. The van der Waals surface area contributed by atoms with E-state index in [2.05, 4.69) is 42.3 Å². The number of hydrogen-bond acceptors (Lipinski definition) is 3. The van der Waals surface area contributed by atoms with Crippen LogP contribution in [0.5, 0.6) is 0 Å². The van der Waals surface area contributed by atoms with Gasteiger partial charge in [0.1, 0.15) is 0 Å². The topological polar surface area (TPSA) is 63.2 Å². The van der Waals surface area contributed by atoms with Crippen LogP contribution in [0.3, 0.4) is 0 Å². The van der Waals surface area contributed by atoms with Crippen LogP contribution in [0.1, 0.15) is 25.7 Å². The van der Waals surface area contributed by atoms with E-state index in [1.54, 1.807) is 0 Å². The molecule has 0 aromatic carbocycles. The Bertz CT molecular complexity index is 200. The summed E-state index contributed by atoms with van der Waals surface area (Å²) in [7, 11) is 9.99. The van der Waals surface area contributed by atoms with Crippen molar-refractivity contribution in [2.45, 2.75) is 25.7 Å². The van der Waals surface area contributed by atoms with Crippen LogP contribution < -0.4 is 9.59 Å². The lowest BCUT2D eigenvalue weighted by Crippen LogP contribution is -2.35. The first-order valence-electron chi connectivity index (χ1n) is 6.43. The molecule has 0 aromatic rings. The van der Waals surface area contributed by atoms with Gasteiger partial charge in [0.05, 0.1) is 55.4 Å². The summed E-state index contributed by atoms with van der Waals surface area (Å²) in [6, 6.07) is 0. The SMILES string of the molecule is C[N+](C)(C)CCCCCC[N+](C)(C)C.O=[Si]([O-])[O-]. The predicted octanol–water partition coefficient (Wildman–Crippen LogP) is -0.918. The second-order valence-corrected chi connectivity index (χ2v) is 7.19. The molecule has 0 amide bonds. The zero-order chi connectivity index (χ0) is 14.8. The summed E-state index contributed by atoms with van der Waals surface area (Å²) in [4.78, 5) is 17.0. The van der Waals surface area contributed by atoms with Crippen molar-refractivity contribution in [2.75, 3.05) is 55.4 Å². The van der Waals surface area contributed by atoms with Crippen LogP contribution in [0.15, 0.2) is 0 Å². The standard InChI is InChI=1S/C12H30N2.O3Si/c1-13(2,3)11-9-7-8-10-12-14(4,5)6;1-4(2)3/h7-12H2,1-6H3;/q+2;-2. The van der Waals surface area contributed by atoms with E-state index in [0.717, 1.165) is 8.97 Å². The Kier molecular flexibility index (Phi) is 10.4. The molecule has 110 valence electrons. The van der Waals surface area contributed by atoms with Crippen LogP contribution >= 0.6 is 0 Å². The number of hydrogen-bond donors (Lipinski definition) is 0. The zero-order valence-electron chi connectivity index (χ0n) is 12.9. The Labute approximate surface area is 114 Å². The summed E-state index contributed by atoms with van der Waals surface area (Å²) in [6.45, 7) is 2.62. The smallest absolute Gasteiger partial charge is 0.0780 e. The van der Waals surface area contributed by atoms with E-state index < -0.39 is 9.17 Å². The van der Waals surface area contributed by atoms with Crippen molar-refractivity contribution < 1.29 is 23.0 Å². The highest BCUT2D eigenvalue weighted by atomic mass is 28.3. The van der Waals surface area contributed by atoms with Gasteiger partial charge in [-0.1, -0.05) is 0 Å². The fourth-order valence-electron chi connectivity index (χ4n) is 1.53. The van der Waals surface area contributed by atoms with Crippen molar-refractivity contribution in [3.05, 3.63) is 0 Å². The lowest BCUT2D eigenvalue weighted by atomic mass is 10.1. The zero-order valence-corrected chi connectivity index (χ0v) is 13.9. The molecule has 0 heterocycles. The second kappa shape index (κ2) is 9.46. The molecule has 0 bridgehead atoms. The molecule has 0 atom stereocenters. The number of unbranched alkanes of at least 4 members (excludes halogenated alkanes) is 3. The minimum Gasteiger partial charge on any atom is -0.672 e. The Hall–Kier alpha value is -0.463. The monoisotopic (exact) mass is 278 g/mol. The summed E-state index contributed by atoms with van der Waals surface area (Å²) < 4.78 is 10.7. The van der Waals surface area contributed by atoms with Crippen LogP contribution in [0.2, 0.25) is 0 Å². The minimum atomic E-state index is -3.63. The molecular formula is C12H30N2O3Si. The van der Waals surface area contributed by atoms with Crippen molar-refractivity contribution in [3.8, 4) is 0 Å². The van der Waals surface area contributed by atoms with E-state index in [0.29, 0.717) is 0 Å². The van der Waals surface area contributed by atoms with Crippen molar-refractivity contribution >= 4 is 9.17 Å². The summed E-state index contributed by atoms with van der Waals surface area (Å²) in [5.41, 5.74) is 0. The van der Waals surface area contributed by atoms with Gasteiger partial charge in [-0.2, -0.15) is 0 Å². The van der Waals surface area contributed by atoms with Gasteiger partial charge in [0.15, 0.2) is 0 Å². The Morgan fingerprint density at radius 3 is 1.11 bits per heavy atom. The van der Waals surface area contributed by atoms with Gasteiger partial charge in [0.2, 0.25) is 0 Å². The van der Waals surface area contributed by atoms with Crippen molar-refractivity contribution in [1.82, 2.24) is 0 Å². The lowest BCUT2D eigenvalue weighted by Gasteiger charge is -2.25. The van der Waals surface area contributed by atoms with Gasteiger partial charge >= 0.3 is 0 Å². The third kappa shape index (κ3) is 29.6. The second-order valence-electron chi connectivity index (χ2n) is 6.69. The van der Waals surface area contributed by atoms with E-state index in [1.807, 2.05) is 0 Å². The molecule has 0 radical (unpaired) electrons. The fraction of sp³-hybridized carbons (Fsp3) is 1.00. The lowest BCUT2D eigenvalue weighted by molar-refractivity contribution is -0.871. The van der Waals surface area contributed by atoms with Crippen molar-refractivity contribution in [2.24, 2.45) is 0 Å². The predicted molar refractivity (Wildman–Crippen MR) is 70.7 cm³/mol. The van der Waals surface area contributed by atoms with Gasteiger partial charge in [0, 0.05) is 9.17 Å². The highest BCUT2D eigenvalue weighted by Crippen LogP contribution is 2.05. The Morgan fingerprint density at radius 2 is 0.944 bits per heavy atom. The Balaban J connectivity index is 0. The summed E-state index contributed by atoms with van der Waals surface area (Å²) in [6.07, 6.45) is 5.55. The van der Waals surface area contributed by atoms with Gasteiger partial charge < -0.3 is 23.0 Å². The Morgan fingerprint density at radius 1 is 0.722 bits per heavy atom. The molecule has 5 nitrogen and oxygen atoms in total. The molecule has 0 aliphatic carbocycles. The van der Waals surface area contributed by atoms with E-state index in [9.17, 15) is 0 Å². The van der Waals surface area contributed by atoms with E-state index in [-0.39, 0.29) is 0 Å². The average molecular weight is 278 g/mol. The highest BCUT2D eigenvalue weighted by molar-refractivity contribution is 6.17. The maximum absolute atomic E-state index is 8.52. The number of quaternary nitrogens is 2. The van der Waals surface area contributed by atoms with Gasteiger partial charge in [-0.15, -0.1) is 0 Å². The van der Waals surface area contributed by atoms with Crippen LogP contribution in [0.25, 0.3) is 0 Å². The first-order valence-corrected chi connectivity index (χ1v) is 7.65. The molecule has 0 aliphatic rings. The maximum atomic E-state index is 8.52. The molecule has 0 rings (SSSR count). The van der Waals surface area contributed by atoms with Gasteiger partial charge in [0.25, 0.3) is 0 Å². The third-order valence-corrected chi connectivity index (χ3v) is 2.41. The summed E-state index contributed by atoms with van der Waals surface area (Å²) >= 11 is 0. The van der Waals surface area contributed by atoms with E-state index >= 15 is 0 Å². The molecule has 6 heteroatoms. The largest absolute Gasteiger partial charge is 0.672 e. The van der Waals surface area contributed by atoms with E-state index in [4.69, 9.17) is 14.1 Å². The quantitative estimate of drug-likeness (QED) is 0.344. The molecule has 0 aromatic heterocycles. The minimum absolute atomic E-state index is 1.11. The normalized spacial score (nSPS) is 11.7. The van der Waals surface area contributed by atoms with Crippen molar-refractivity contribution in [3.63, 3.8) is 0 Å².